The Morgan fingerprint density at radius 1 is 1.00 bits per heavy atom. The van der Waals surface area contributed by atoms with Crippen LogP contribution < -0.4 is 4.18 Å². The monoisotopic (exact) mass is 264 g/mol. The van der Waals surface area contributed by atoms with Gasteiger partial charge < -0.3 is 9.29 Å². The number of phenols is 1. The van der Waals surface area contributed by atoms with E-state index in [1.165, 1.54) is 18.2 Å². The Hall–Kier alpha value is -2.01. The van der Waals surface area contributed by atoms with Crippen LogP contribution >= 0.6 is 0 Å². The van der Waals surface area contributed by atoms with Crippen molar-refractivity contribution in [1.82, 2.24) is 0 Å². The summed E-state index contributed by atoms with van der Waals surface area (Å²) in [6.07, 6.45) is 0. The van der Waals surface area contributed by atoms with Gasteiger partial charge in [-0.15, -0.1) is 0 Å². The van der Waals surface area contributed by atoms with Crippen LogP contribution in [0.2, 0.25) is 0 Å². The highest BCUT2D eigenvalue weighted by Crippen LogP contribution is 2.26. The summed E-state index contributed by atoms with van der Waals surface area (Å²) in [5.41, 5.74) is 0.705. The molecule has 0 saturated carbocycles. The van der Waals surface area contributed by atoms with Crippen molar-refractivity contribution in [3.8, 4) is 11.5 Å². The standard InChI is InChI=1S/C13H12O4S/c1-10-6-2-4-8-12(10)17-18(15,16)13-9-5-3-7-11(13)14/h2-9,14H,1H3. The topological polar surface area (TPSA) is 63.6 Å². The van der Waals surface area contributed by atoms with Crippen molar-refractivity contribution >= 4 is 10.1 Å². The van der Waals surface area contributed by atoms with Gasteiger partial charge in [-0.25, -0.2) is 0 Å². The average Bonchev–Trinajstić information content (AvgIpc) is 2.32. The Kier molecular flexibility index (Phi) is 3.25. The van der Waals surface area contributed by atoms with Crippen molar-refractivity contribution in [2.75, 3.05) is 0 Å². The first-order chi connectivity index (χ1) is 8.50. The highest BCUT2D eigenvalue weighted by molar-refractivity contribution is 7.87. The highest BCUT2D eigenvalue weighted by atomic mass is 32.2. The molecule has 0 spiro atoms. The van der Waals surface area contributed by atoms with Gasteiger partial charge in [-0.2, -0.15) is 8.42 Å². The first kappa shape index (κ1) is 12.4. The number of rotatable bonds is 3. The quantitative estimate of drug-likeness (QED) is 0.865. The third kappa shape index (κ3) is 2.46. The van der Waals surface area contributed by atoms with E-state index in [0.717, 1.165) is 0 Å². The van der Waals surface area contributed by atoms with Gasteiger partial charge in [-0.05, 0) is 30.7 Å². The van der Waals surface area contributed by atoms with E-state index in [0.29, 0.717) is 5.56 Å². The lowest BCUT2D eigenvalue weighted by atomic mass is 10.2. The molecule has 2 aromatic rings. The second kappa shape index (κ2) is 4.70. The summed E-state index contributed by atoms with van der Waals surface area (Å²) in [4.78, 5) is -0.242. The second-order valence-corrected chi connectivity index (χ2v) is 5.29. The van der Waals surface area contributed by atoms with Crippen LogP contribution in [0.3, 0.4) is 0 Å². The van der Waals surface area contributed by atoms with Crippen LogP contribution in [-0.4, -0.2) is 13.5 Å². The molecule has 0 heterocycles. The van der Waals surface area contributed by atoms with Gasteiger partial charge in [0, 0.05) is 0 Å². The SMILES string of the molecule is Cc1ccccc1OS(=O)(=O)c1ccccc1O. The lowest BCUT2D eigenvalue weighted by Crippen LogP contribution is -2.10. The van der Waals surface area contributed by atoms with Gasteiger partial charge >= 0.3 is 10.1 Å². The third-order valence-electron chi connectivity index (χ3n) is 2.43. The predicted octanol–water partition coefficient (Wildman–Crippen LogP) is 2.47. The van der Waals surface area contributed by atoms with Crippen LogP contribution in [0.1, 0.15) is 5.56 Å². The summed E-state index contributed by atoms with van der Waals surface area (Å²) < 4.78 is 29.0. The van der Waals surface area contributed by atoms with E-state index in [1.54, 1.807) is 37.3 Å². The van der Waals surface area contributed by atoms with E-state index < -0.39 is 10.1 Å². The van der Waals surface area contributed by atoms with Crippen molar-refractivity contribution < 1.29 is 17.7 Å². The first-order valence-electron chi connectivity index (χ1n) is 5.29. The molecule has 94 valence electrons. The highest BCUT2D eigenvalue weighted by Gasteiger charge is 2.21. The van der Waals surface area contributed by atoms with Crippen molar-refractivity contribution in [3.05, 3.63) is 54.1 Å². The summed E-state index contributed by atoms with van der Waals surface area (Å²) in [5, 5.41) is 9.53. The zero-order valence-corrected chi connectivity index (χ0v) is 10.5. The van der Waals surface area contributed by atoms with Gasteiger partial charge in [0.05, 0.1) is 0 Å². The van der Waals surface area contributed by atoms with Crippen LogP contribution in [-0.2, 0) is 10.1 Å². The van der Waals surface area contributed by atoms with Crippen molar-refractivity contribution in [3.63, 3.8) is 0 Å². The summed E-state index contributed by atoms with van der Waals surface area (Å²) in [6, 6.07) is 12.4. The molecule has 0 aliphatic carbocycles. The zero-order valence-electron chi connectivity index (χ0n) is 9.70. The predicted molar refractivity (Wildman–Crippen MR) is 67.1 cm³/mol. The summed E-state index contributed by atoms with van der Waals surface area (Å²) in [6.45, 7) is 1.75. The fraction of sp³-hybridized carbons (Fsp3) is 0.0769. The molecule has 0 saturated heterocycles. The largest absolute Gasteiger partial charge is 0.506 e. The fourth-order valence-electron chi connectivity index (χ4n) is 1.48. The Balaban J connectivity index is 2.40. The summed E-state index contributed by atoms with van der Waals surface area (Å²) >= 11 is 0. The first-order valence-corrected chi connectivity index (χ1v) is 6.69. The molecular weight excluding hydrogens is 252 g/mol. The minimum Gasteiger partial charge on any atom is -0.506 e. The van der Waals surface area contributed by atoms with Gasteiger partial charge in [-0.3, -0.25) is 0 Å². The maximum Gasteiger partial charge on any atom is 0.342 e. The van der Waals surface area contributed by atoms with Crippen molar-refractivity contribution in [1.29, 1.82) is 0 Å². The average molecular weight is 264 g/mol. The van der Waals surface area contributed by atoms with Crippen LogP contribution in [0, 0.1) is 6.92 Å². The van der Waals surface area contributed by atoms with E-state index in [1.807, 2.05) is 0 Å². The number of aryl methyl sites for hydroxylation is 1. The molecule has 0 bridgehead atoms. The molecule has 0 radical (unpaired) electrons. The molecule has 1 N–H and O–H groups in total. The molecule has 0 aromatic heterocycles. The van der Waals surface area contributed by atoms with E-state index in [-0.39, 0.29) is 16.4 Å². The number of benzene rings is 2. The minimum atomic E-state index is -4.02. The van der Waals surface area contributed by atoms with Crippen molar-refractivity contribution in [2.45, 2.75) is 11.8 Å². The molecule has 0 fully saturated rings. The maximum absolute atomic E-state index is 12.0. The molecule has 0 amide bonds. The fourth-order valence-corrected chi connectivity index (χ4v) is 2.56. The normalized spacial score (nSPS) is 11.2. The Labute approximate surface area is 106 Å². The Bertz CT molecular complexity index is 662. The molecule has 0 atom stereocenters. The smallest absolute Gasteiger partial charge is 0.342 e. The second-order valence-electron chi connectivity index (χ2n) is 3.77. The Morgan fingerprint density at radius 3 is 2.28 bits per heavy atom. The molecule has 5 heteroatoms. The summed E-state index contributed by atoms with van der Waals surface area (Å²) in [7, 11) is -4.02. The van der Waals surface area contributed by atoms with Gasteiger partial charge in [0.1, 0.15) is 16.4 Å². The molecule has 2 aromatic carbocycles. The van der Waals surface area contributed by atoms with Gasteiger partial charge in [0.25, 0.3) is 0 Å². The van der Waals surface area contributed by atoms with E-state index in [4.69, 9.17) is 4.18 Å². The number of aromatic hydroxyl groups is 1. The van der Waals surface area contributed by atoms with Crippen molar-refractivity contribution in [2.24, 2.45) is 0 Å². The van der Waals surface area contributed by atoms with E-state index >= 15 is 0 Å². The lowest BCUT2D eigenvalue weighted by Gasteiger charge is -2.09. The number of hydrogen-bond donors (Lipinski definition) is 1. The number of para-hydroxylation sites is 2. The van der Waals surface area contributed by atoms with Gasteiger partial charge in [0.2, 0.25) is 0 Å². The van der Waals surface area contributed by atoms with Crippen LogP contribution in [0.15, 0.2) is 53.4 Å². The minimum absolute atomic E-state index is 0.242. The van der Waals surface area contributed by atoms with Crippen LogP contribution in [0.5, 0.6) is 11.5 Å². The van der Waals surface area contributed by atoms with Crippen LogP contribution in [0.4, 0.5) is 0 Å². The maximum atomic E-state index is 12.0. The molecule has 0 aliphatic rings. The molecular formula is C13H12O4S. The molecule has 2 rings (SSSR count). The molecule has 0 unspecified atom stereocenters. The molecule has 18 heavy (non-hydrogen) atoms. The number of hydrogen-bond acceptors (Lipinski definition) is 4. The molecule has 4 nitrogen and oxygen atoms in total. The van der Waals surface area contributed by atoms with Gasteiger partial charge in [0.15, 0.2) is 0 Å². The molecule has 0 aliphatic heterocycles. The van der Waals surface area contributed by atoms with Crippen LogP contribution in [0.25, 0.3) is 0 Å². The van der Waals surface area contributed by atoms with E-state index in [2.05, 4.69) is 0 Å². The third-order valence-corrected chi connectivity index (χ3v) is 3.71. The summed E-state index contributed by atoms with van der Waals surface area (Å²) in [5.74, 6) is -0.0770. The zero-order chi connectivity index (χ0) is 13.2. The van der Waals surface area contributed by atoms with Gasteiger partial charge in [-0.1, -0.05) is 30.3 Å². The number of phenolic OH excluding ortho intramolecular Hbond substituents is 1. The lowest BCUT2D eigenvalue weighted by molar-refractivity contribution is 0.444. The van der Waals surface area contributed by atoms with E-state index in [9.17, 15) is 13.5 Å². The Morgan fingerprint density at radius 2 is 1.61 bits per heavy atom.